The number of Topliss-reactive ketones (excluding diaryl/α,β-unsaturated/α-hetero) is 1. The molecule has 2 heterocycles. The van der Waals surface area contributed by atoms with Gasteiger partial charge in [0.1, 0.15) is 17.3 Å². The first-order valence-electron chi connectivity index (χ1n) is 10.3. The van der Waals surface area contributed by atoms with E-state index in [4.69, 9.17) is 10.5 Å². The number of carbonyl (C=O) groups excluding carboxylic acids is 1. The third kappa shape index (κ3) is 4.54. The van der Waals surface area contributed by atoms with Gasteiger partial charge in [0.25, 0.3) is 0 Å². The summed E-state index contributed by atoms with van der Waals surface area (Å²) in [4.78, 5) is 18.6. The number of rotatable bonds is 6. The predicted octanol–water partition coefficient (Wildman–Crippen LogP) is 3.88. The van der Waals surface area contributed by atoms with Crippen molar-refractivity contribution in [1.82, 2.24) is 5.43 Å². The molecular formula is C23H22F3N5O3. The van der Waals surface area contributed by atoms with Crippen molar-refractivity contribution in [2.24, 2.45) is 15.8 Å². The Morgan fingerprint density at radius 3 is 2.65 bits per heavy atom. The van der Waals surface area contributed by atoms with Gasteiger partial charge in [-0.15, -0.1) is 13.2 Å². The molecule has 0 saturated carbocycles. The Labute approximate surface area is 193 Å². The van der Waals surface area contributed by atoms with Crippen LogP contribution in [0.2, 0.25) is 0 Å². The number of benzene rings is 2. The van der Waals surface area contributed by atoms with Gasteiger partial charge in [0.2, 0.25) is 0 Å². The van der Waals surface area contributed by atoms with E-state index in [1.807, 2.05) is 4.90 Å². The molecule has 0 aliphatic carbocycles. The summed E-state index contributed by atoms with van der Waals surface area (Å²) in [6.07, 6.45) is -3.27. The van der Waals surface area contributed by atoms with E-state index in [-0.39, 0.29) is 24.1 Å². The van der Waals surface area contributed by atoms with Crippen LogP contribution in [-0.2, 0) is 11.2 Å². The molecule has 0 radical (unpaired) electrons. The minimum absolute atomic E-state index is 0.207. The molecule has 11 heteroatoms. The van der Waals surface area contributed by atoms with Gasteiger partial charge in [-0.3, -0.25) is 20.1 Å². The van der Waals surface area contributed by atoms with E-state index in [0.717, 1.165) is 0 Å². The zero-order chi connectivity index (χ0) is 24.6. The number of nitrogens with one attached hydrogen (secondary N) is 1. The maximum absolute atomic E-state index is 12.6. The number of ether oxygens (including phenoxy) is 2. The molecule has 4 rings (SSSR count). The molecular weight excluding hydrogens is 451 g/mol. The van der Waals surface area contributed by atoms with Crippen LogP contribution in [-0.4, -0.2) is 37.5 Å². The Kier molecular flexibility index (Phi) is 5.94. The Morgan fingerprint density at radius 1 is 1.24 bits per heavy atom. The molecule has 178 valence electrons. The van der Waals surface area contributed by atoms with Crippen molar-refractivity contribution < 1.29 is 27.4 Å². The second-order valence-corrected chi connectivity index (χ2v) is 7.78. The van der Waals surface area contributed by atoms with E-state index >= 15 is 0 Å². The highest BCUT2D eigenvalue weighted by molar-refractivity contribution is 6.21. The van der Waals surface area contributed by atoms with Crippen LogP contribution in [0.3, 0.4) is 0 Å². The molecule has 2 aliphatic heterocycles. The number of nitrogens with zero attached hydrogens (tertiary/aromatic N) is 3. The Morgan fingerprint density at radius 2 is 2.00 bits per heavy atom. The normalized spacial score (nSPS) is 17.3. The van der Waals surface area contributed by atoms with Crippen LogP contribution in [0.4, 0.5) is 24.5 Å². The van der Waals surface area contributed by atoms with Crippen molar-refractivity contribution in [2.45, 2.75) is 32.8 Å². The molecule has 0 fully saturated rings. The third-order valence-corrected chi connectivity index (χ3v) is 5.30. The summed E-state index contributed by atoms with van der Waals surface area (Å²) < 4.78 is 47.4. The minimum atomic E-state index is -4.78. The number of alkyl halides is 3. The second-order valence-electron chi connectivity index (χ2n) is 7.78. The monoisotopic (exact) mass is 473 g/mol. The second kappa shape index (κ2) is 8.73. The van der Waals surface area contributed by atoms with E-state index in [1.54, 1.807) is 31.3 Å². The van der Waals surface area contributed by atoms with Gasteiger partial charge in [0, 0.05) is 35.5 Å². The number of amidine groups is 1. The van der Waals surface area contributed by atoms with Gasteiger partial charge in [-0.2, -0.15) is 5.10 Å². The topological polar surface area (TPSA) is 102 Å². The number of aliphatic imine (C=N–C) groups is 1. The molecule has 0 spiro atoms. The van der Waals surface area contributed by atoms with Crippen LogP contribution in [0.15, 0.2) is 52.2 Å². The van der Waals surface area contributed by atoms with E-state index < -0.39 is 6.36 Å². The van der Waals surface area contributed by atoms with Crippen molar-refractivity contribution in [2.75, 3.05) is 12.0 Å². The van der Waals surface area contributed by atoms with Crippen LogP contribution < -0.4 is 25.5 Å². The number of hydrazone groups is 1. The number of nitrogens with two attached hydrogens (primary N) is 1. The molecule has 0 aromatic heterocycles. The largest absolute Gasteiger partial charge is 0.573 e. The SMILES string of the molecule is COc1cc2c(cc1C(C(C)=O)=C(C)N)N=CC1NN=C(Cc3cccc(OC(F)(F)F)c3)N21. The molecule has 0 bridgehead atoms. The summed E-state index contributed by atoms with van der Waals surface area (Å²) in [5.41, 5.74) is 11.9. The van der Waals surface area contributed by atoms with Crippen molar-refractivity contribution >= 4 is 34.8 Å². The number of carbonyl (C=O) groups is 1. The van der Waals surface area contributed by atoms with Gasteiger partial charge in [-0.1, -0.05) is 12.1 Å². The number of allylic oxidation sites excluding steroid dienone is 2. The molecule has 0 amide bonds. The van der Waals surface area contributed by atoms with E-state index in [0.29, 0.717) is 45.4 Å². The maximum Gasteiger partial charge on any atom is 0.573 e. The number of hydrogen-bond acceptors (Lipinski definition) is 8. The van der Waals surface area contributed by atoms with Crippen molar-refractivity contribution in [1.29, 1.82) is 0 Å². The quantitative estimate of drug-likeness (QED) is 0.618. The zero-order valence-electron chi connectivity index (χ0n) is 18.6. The van der Waals surface area contributed by atoms with Crippen LogP contribution in [0.5, 0.6) is 11.5 Å². The van der Waals surface area contributed by atoms with Crippen molar-refractivity contribution in [3.63, 3.8) is 0 Å². The fraction of sp³-hybridized carbons (Fsp3) is 0.261. The molecule has 2 aromatic carbocycles. The number of anilines is 1. The number of halogens is 3. The summed E-state index contributed by atoms with van der Waals surface area (Å²) >= 11 is 0. The lowest BCUT2D eigenvalue weighted by Gasteiger charge is -2.30. The predicted molar refractivity (Wildman–Crippen MR) is 122 cm³/mol. The lowest BCUT2D eigenvalue weighted by molar-refractivity contribution is -0.274. The molecule has 34 heavy (non-hydrogen) atoms. The molecule has 8 nitrogen and oxygen atoms in total. The Bertz CT molecular complexity index is 1230. The average molecular weight is 473 g/mol. The van der Waals surface area contributed by atoms with Crippen LogP contribution >= 0.6 is 0 Å². The van der Waals surface area contributed by atoms with Gasteiger partial charge < -0.3 is 15.2 Å². The molecule has 2 aliphatic rings. The Hall–Kier alpha value is -4.02. The fourth-order valence-electron chi connectivity index (χ4n) is 4.01. The van der Waals surface area contributed by atoms with Crippen molar-refractivity contribution in [3.05, 3.63) is 53.2 Å². The highest BCUT2D eigenvalue weighted by Crippen LogP contribution is 2.42. The summed E-state index contributed by atoms with van der Waals surface area (Å²) in [6.45, 7) is 3.07. The van der Waals surface area contributed by atoms with Crippen molar-refractivity contribution in [3.8, 4) is 11.5 Å². The fourth-order valence-corrected chi connectivity index (χ4v) is 4.01. The number of methoxy groups -OCH3 is 1. The number of hydrogen-bond donors (Lipinski definition) is 2. The smallest absolute Gasteiger partial charge is 0.496 e. The van der Waals surface area contributed by atoms with Gasteiger partial charge in [-0.05, 0) is 37.6 Å². The standard InChI is InChI=1S/C23H22F3N5O3/c1-12(27)22(13(2)32)16-9-17-18(10-19(16)33-3)31-20(29-30-21(31)11-28-17)8-14-5-4-6-15(7-14)34-23(24,25)26/h4-7,9-11,21,30H,8,27H2,1-3H3. The first-order chi connectivity index (χ1) is 16.1. The van der Waals surface area contributed by atoms with Gasteiger partial charge in [0.05, 0.1) is 18.5 Å². The molecule has 3 N–H and O–H groups in total. The van der Waals surface area contributed by atoms with Crippen LogP contribution in [0.1, 0.15) is 25.0 Å². The van der Waals surface area contributed by atoms with E-state index in [9.17, 15) is 18.0 Å². The first-order valence-corrected chi connectivity index (χ1v) is 10.3. The van der Waals surface area contributed by atoms with Gasteiger partial charge >= 0.3 is 6.36 Å². The van der Waals surface area contributed by atoms with Gasteiger partial charge in [-0.25, -0.2) is 0 Å². The first kappa shape index (κ1) is 23.1. The summed E-state index contributed by atoms with van der Waals surface area (Å²) in [6, 6.07) is 9.20. The minimum Gasteiger partial charge on any atom is -0.496 e. The molecule has 2 aromatic rings. The van der Waals surface area contributed by atoms with E-state index in [2.05, 4.69) is 20.3 Å². The van der Waals surface area contributed by atoms with E-state index in [1.165, 1.54) is 32.2 Å². The van der Waals surface area contributed by atoms with Crippen LogP contribution in [0.25, 0.3) is 5.57 Å². The number of ketones is 1. The highest BCUT2D eigenvalue weighted by atomic mass is 19.4. The summed E-state index contributed by atoms with van der Waals surface area (Å²) in [7, 11) is 1.49. The lowest BCUT2D eigenvalue weighted by atomic mass is 9.97. The third-order valence-electron chi connectivity index (χ3n) is 5.30. The summed E-state index contributed by atoms with van der Waals surface area (Å²) in [5.74, 6) is 0.479. The average Bonchev–Trinajstić information content (AvgIpc) is 3.15. The zero-order valence-corrected chi connectivity index (χ0v) is 18.6. The highest BCUT2D eigenvalue weighted by Gasteiger charge is 2.34. The van der Waals surface area contributed by atoms with Crippen LogP contribution in [0, 0.1) is 0 Å². The maximum atomic E-state index is 12.6. The lowest BCUT2D eigenvalue weighted by Crippen LogP contribution is -2.43. The summed E-state index contributed by atoms with van der Waals surface area (Å²) in [5, 5.41) is 4.36. The molecule has 1 unspecified atom stereocenters. The molecule has 1 atom stereocenters. The number of fused-ring (bicyclic) bond motifs is 3. The Balaban J connectivity index is 1.69. The molecule has 0 saturated heterocycles. The van der Waals surface area contributed by atoms with Gasteiger partial charge in [0.15, 0.2) is 11.9 Å².